The van der Waals surface area contributed by atoms with Crippen LogP contribution in [0, 0.1) is 10.1 Å². The van der Waals surface area contributed by atoms with Crippen LogP contribution in [0.1, 0.15) is 19.8 Å². The van der Waals surface area contributed by atoms with Gasteiger partial charge in [0.05, 0.1) is 18.1 Å². The van der Waals surface area contributed by atoms with Crippen molar-refractivity contribution in [1.29, 1.82) is 0 Å². The Hall–Kier alpha value is -1.67. The number of sulfonamides is 1. The Morgan fingerprint density at radius 1 is 1.45 bits per heavy atom. The zero-order valence-electron chi connectivity index (χ0n) is 11.3. The normalized spacial score (nSPS) is 15.3. The predicted molar refractivity (Wildman–Crippen MR) is 72.2 cm³/mol. The van der Waals surface area contributed by atoms with Gasteiger partial charge in [0.1, 0.15) is 10.6 Å². The number of nitrogens with zero attached hydrogens (tertiary/aromatic N) is 2. The molecule has 1 aromatic rings. The zero-order valence-corrected chi connectivity index (χ0v) is 12.1. The van der Waals surface area contributed by atoms with Crippen LogP contribution in [0.15, 0.2) is 23.1 Å². The molecule has 0 radical (unpaired) electrons. The topological polar surface area (TPSA) is 89.8 Å². The fraction of sp³-hybridized carbons (Fsp3) is 0.500. The number of methoxy groups -OCH3 is 1. The fourth-order valence-corrected chi connectivity index (χ4v) is 3.93. The van der Waals surface area contributed by atoms with E-state index in [-0.39, 0.29) is 22.4 Å². The summed E-state index contributed by atoms with van der Waals surface area (Å²) < 4.78 is 31.6. The van der Waals surface area contributed by atoms with Gasteiger partial charge in [-0.15, -0.1) is 0 Å². The first-order chi connectivity index (χ1) is 9.41. The van der Waals surface area contributed by atoms with Gasteiger partial charge in [0, 0.05) is 18.7 Å². The van der Waals surface area contributed by atoms with Gasteiger partial charge in [-0.25, -0.2) is 8.42 Å². The molecule has 0 amide bonds. The van der Waals surface area contributed by atoms with Crippen molar-refractivity contribution in [3.8, 4) is 5.75 Å². The quantitative estimate of drug-likeness (QED) is 0.590. The van der Waals surface area contributed by atoms with Crippen molar-refractivity contribution < 1.29 is 18.1 Å². The number of hydrogen-bond acceptors (Lipinski definition) is 5. The van der Waals surface area contributed by atoms with E-state index in [1.165, 1.54) is 23.5 Å². The van der Waals surface area contributed by atoms with Gasteiger partial charge in [-0.05, 0) is 18.9 Å². The molecule has 1 aliphatic rings. The first-order valence-electron chi connectivity index (χ1n) is 6.26. The standard InChI is InChI=1S/C12H16N2O5S/c1-3-13(9-4-5-9)20(17,18)12-7-6-10(14(15)16)8-11(12)19-2/h6-9H,3-5H2,1-2H3. The molecule has 8 heteroatoms. The molecule has 0 atom stereocenters. The summed E-state index contributed by atoms with van der Waals surface area (Å²) in [6, 6.07) is 3.58. The molecular weight excluding hydrogens is 284 g/mol. The summed E-state index contributed by atoms with van der Waals surface area (Å²) in [6.45, 7) is 2.14. The fourth-order valence-electron chi connectivity index (χ4n) is 2.10. The van der Waals surface area contributed by atoms with Crippen molar-refractivity contribution in [2.75, 3.05) is 13.7 Å². The van der Waals surface area contributed by atoms with Crippen LogP contribution in [0.2, 0.25) is 0 Å². The van der Waals surface area contributed by atoms with Crippen molar-refractivity contribution >= 4 is 15.7 Å². The van der Waals surface area contributed by atoms with E-state index < -0.39 is 14.9 Å². The Balaban J connectivity index is 2.48. The molecule has 0 spiro atoms. The highest BCUT2D eigenvalue weighted by molar-refractivity contribution is 7.89. The largest absolute Gasteiger partial charge is 0.495 e. The van der Waals surface area contributed by atoms with E-state index in [4.69, 9.17) is 4.74 Å². The lowest BCUT2D eigenvalue weighted by molar-refractivity contribution is -0.385. The van der Waals surface area contributed by atoms with Gasteiger partial charge in [-0.1, -0.05) is 6.92 Å². The third-order valence-electron chi connectivity index (χ3n) is 3.21. The number of ether oxygens (including phenoxy) is 1. The second kappa shape index (κ2) is 5.37. The van der Waals surface area contributed by atoms with E-state index in [9.17, 15) is 18.5 Å². The number of rotatable bonds is 6. The number of benzene rings is 1. The van der Waals surface area contributed by atoms with E-state index in [0.717, 1.165) is 18.9 Å². The van der Waals surface area contributed by atoms with Crippen LogP contribution in [0.5, 0.6) is 5.75 Å². The number of nitro groups is 1. The zero-order chi connectivity index (χ0) is 14.9. The molecule has 0 bridgehead atoms. The van der Waals surface area contributed by atoms with E-state index in [1.807, 2.05) is 0 Å². The van der Waals surface area contributed by atoms with Gasteiger partial charge in [0.2, 0.25) is 10.0 Å². The molecule has 7 nitrogen and oxygen atoms in total. The third-order valence-corrected chi connectivity index (χ3v) is 5.28. The highest BCUT2D eigenvalue weighted by Gasteiger charge is 2.38. The summed E-state index contributed by atoms with van der Waals surface area (Å²) >= 11 is 0. The van der Waals surface area contributed by atoms with E-state index in [1.54, 1.807) is 6.92 Å². The summed E-state index contributed by atoms with van der Waals surface area (Å²) in [5.41, 5.74) is -0.199. The summed E-state index contributed by atoms with van der Waals surface area (Å²) in [5.74, 6) is -0.00157. The predicted octanol–water partition coefficient (Wildman–Crippen LogP) is 1.78. The van der Waals surface area contributed by atoms with E-state index >= 15 is 0 Å². The first-order valence-corrected chi connectivity index (χ1v) is 7.70. The second-order valence-electron chi connectivity index (χ2n) is 4.53. The molecule has 0 aliphatic heterocycles. The van der Waals surface area contributed by atoms with Crippen LogP contribution in [0.4, 0.5) is 5.69 Å². The lowest BCUT2D eigenvalue weighted by Crippen LogP contribution is -2.33. The second-order valence-corrected chi connectivity index (χ2v) is 6.39. The number of nitro benzene ring substituents is 1. The highest BCUT2D eigenvalue weighted by Crippen LogP contribution is 2.36. The van der Waals surface area contributed by atoms with Crippen molar-refractivity contribution in [2.45, 2.75) is 30.7 Å². The van der Waals surface area contributed by atoms with Gasteiger partial charge in [-0.3, -0.25) is 10.1 Å². The van der Waals surface area contributed by atoms with Crippen molar-refractivity contribution in [3.05, 3.63) is 28.3 Å². The van der Waals surface area contributed by atoms with Crippen LogP contribution in [-0.2, 0) is 10.0 Å². The monoisotopic (exact) mass is 300 g/mol. The summed E-state index contributed by atoms with van der Waals surface area (Å²) in [4.78, 5) is 10.1. The Bertz CT molecular complexity index is 625. The molecule has 0 saturated heterocycles. The first kappa shape index (κ1) is 14.7. The molecule has 1 saturated carbocycles. The Labute approximate surface area is 117 Å². The molecule has 1 aromatic carbocycles. The number of hydrogen-bond donors (Lipinski definition) is 0. The maximum atomic E-state index is 12.6. The van der Waals surface area contributed by atoms with Gasteiger partial charge in [0.25, 0.3) is 5.69 Å². The van der Waals surface area contributed by atoms with Crippen molar-refractivity contribution in [2.24, 2.45) is 0 Å². The molecule has 0 N–H and O–H groups in total. The average molecular weight is 300 g/mol. The number of non-ortho nitro benzene ring substituents is 1. The van der Waals surface area contributed by atoms with Gasteiger partial charge in [-0.2, -0.15) is 4.31 Å². The van der Waals surface area contributed by atoms with Crippen molar-refractivity contribution in [3.63, 3.8) is 0 Å². The third kappa shape index (κ3) is 2.61. The van der Waals surface area contributed by atoms with Gasteiger partial charge in [0.15, 0.2) is 0 Å². The summed E-state index contributed by atoms with van der Waals surface area (Å²) in [7, 11) is -2.39. The van der Waals surface area contributed by atoms with Crippen molar-refractivity contribution in [1.82, 2.24) is 4.31 Å². The summed E-state index contributed by atoms with van der Waals surface area (Å²) in [5, 5.41) is 10.7. The lowest BCUT2D eigenvalue weighted by atomic mass is 10.3. The molecule has 0 heterocycles. The maximum Gasteiger partial charge on any atom is 0.273 e. The molecule has 2 rings (SSSR count). The molecular formula is C12H16N2O5S. The molecule has 1 fully saturated rings. The minimum absolute atomic E-state index is 0.00157. The molecule has 1 aliphatic carbocycles. The molecule has 0 aromatic heterocycles. The van der Waals surface area contributed by atoms with E-state index in [2.05, 4.69) is 0 Å². The average Bonchev–Trinajstić information content (AvgIpc) is 3.22. The van der Waals surface area contributed by atoms with Gasteiger partial charge >= 0.3 is 0 Å². The smallest absolute Gasteiger partial charge is 0.273 e. The van der Waals surface area contributed by atoms with Gasteiger partial charge < -0.3 is 4.74 Å². The SMILES string of the molecule is CCN(C1CC1)S(=O)(=O)c1ccc([N+](=O)[O-])cc1OC. The van der Waals surface area contributed by atoms with Crippen LogP contribution < -0.4 is 4.74 Å². The lowest BCUT2D eigenvalue weighted by Gasteiger charge is -2.21. The summed E-state index contributed by atoms with van der Waals surface area (Å²) in [6.07, 6.45) is 1.70. The Morgan fingerprint density at radius 3 is 2.55 bits per heavy atom. The maximum absolute atomic E-state index is 12.6. The molecule has 0 unspecified atom stereocenters. The van der Waals surface area contributed by atoms with Crippen LogP contribution in [0.3, 0.4) is 0 Å². The van der Waals surface area contributed by atoms with E-state index in [0.29, 0.717) is 6.54 Å². The molecule has 20 heavy (non-hydrogen) atoms. The van der Waals surface area contributed by atoms with Crippen LogP contribution in [-0.4, -0.2) is 37.3 Å². The van der Waals surface area contributed by atoms with Crippen LogP contribution >= 0.6 is 0 Å². The highest BCUT2D eigenvalue weighted by atomic mass is 32.2. The minimum atomic E-state index is -3.69. The van der Waals surface area contributed by atoms with Crippen LogP contribution in [0.25, 0.3) is 0 Å². The minimum Gasteiger partial charge on any atom is -0.495 e. The Morgan fingerprint density at radius 2 is 2.10 bits per heavy atom. The molecule has 110 valence electrons. The Kier molecular flexibility index (Phi) is 3.96.